The van der Waals surface area contributed by atoms with Crippen LogP contribution < -0.4 is 9.47 Å². The first-order chi connectivity index (χ1) is 15.9. The molecule has 0 aliphatic carbocycles. The number of carbonyl (C=O) groups excluding carboxylic acids is 1. The lowest BCUT2D eigenvalue weighted by atomic mass is 9.91. The van der Waals surface area contributed by atoms with E-state index in [1.807, 2.05) is 48.5 Å². The lowest BCUT2D eigenvalue weighted by molar-refractivity contribution is 0.104. The predicted octanol–water partition coefficient (Wildman–Crippen LogP) is 5.71. The van der Waals surface area contributed by atoms with Gasteiger partial charge in [-0.3, -0.25) is 9.36 Å². The van der Waals surface area contributed by atoms with Crippen LogP contribution in [0.25, 0.3) is 37.6 Å². The number of allylic oxidation sites excluding steroid dienone is 1. The number of hydrogen-bond acceptors (Lipinski definition) is 4. The largest absolute Gasteiger partial charge is 0.454 e. The van der Waals surface area contributed by atoms with Crippen molar-refractivity contribution >= 4 is 51.0 Å². The van der Waals surface area contributed by atoms with Gasteiger partial charge in [-0.05, 0) is 56.1 Å². The van der Waals surface area contributed by atoms with E-state index in [0.717, 1.165) is 33.0 Å². The molecule has 6 nitrogen and oxygen atoms in total. The van der Waals surface area contributed by atoms with Gasteiger partial charge in [0.1, 0.15) is 0 Å². The minimum atomic E-state index is -4.80. The number of rotatable bonds is 4. The highest BCUT2D eigenvalue weighted by Gasteiger charge is 2.27. The van der Waals surface area contributed by atoms with Gasteiger partial charge >= 0.3 is 7.60 Å². The SMILES string of the molecule is O=C(C=C(c1ccc2ccc3cccc4ccc1c2c34)P(=O)(O)O)c1ccc2c(c1)OCO2. The Labute approximate surface area is 188 Å². The van der Waals surface area contributed by atoms with Crippen LogP contribution in [0.1, 0.15) is 15.9 Å². The maximum absolute atomic E-state index is 13.0. The van der Waals surface area contributed by atoms with Gasteiger partial charge in [0.15, 0.2) is 17.3 Å². The smallest absolute Gasteiger partial charge is 0.356 e. The van der Waals surface area contributed by atoms with E-state index in [1.165, 1.54) is 6.07 Å². The number of ether oxygens (including phenoxy) is 2. The average molecular weight is 456 g/mol. The maximum Gasteiger partial charge on any atom is 0.356 e. The van der Waals surface area contributed by atoms with Crippen molar-refractivity contribution in [2.75, 3.05) is 6.79 Å². The molecule has 7 heteroatoms. The fourth-order valence-electron chi connectivity index (χ4n) is 4.53. The van der Waals surface area contributed by atoms with E-state index in [2.05, 4.69) is 0 Å². The second kappa shape index (κ2) is 7.15. The summed E-state index contributed by atoms with van der Waals surface area (Å²) in [5, 5.41) is 5.36. The van der Waals surface area contributed by atoms with E-state index < -0.39 is 13.4 Å². The minimum absolute atomic E-state index is 0.0687. The van der Waals surface area contributed by atoms with Crippen LogP contribution in [0, 0.1) is 0 Å². The fourth-order valence-corrected chi connectivity index (χ4v) is 5.33. The van der Waals surface area contributed by atoms with Gasteiger partial charge in [-0.15, -0.1) is 0 Å². The molecule has 33 heavy (non-hydrogen) atoms. The van der Waals surface area contributed by atoms with Gasteiger partial charge in [0.05, 0.1) is 5.31 Å². The van der Waals surface area contributed by atoms with Crippen molar-refractivity contribution < 1.29 is 28.6 Å². The Morgan fingerprint density at radius 2 is 1.48 bits per heavy atom. The van der Waals surface area contributed by atoms with Crippen molar-refractivity contribution in [3.8, 4) is 11.5 Å². The first-order valence-electron chi connectivity index (χ1n) is 10.3. The molecule has 0 saturated carbocycles. The van der Waals surface area contributed by atoms with E-state index in [9.17, 15) is 19.1 Å². The Kier molecular flexibility index (Phi) is 4.32. The third-order valence-electron chi connectivity index (χ3n) is 6.04. The molecule has 0 unspecified atom stereocenters. The average Bonchev–Trinajstić information content (AvgIpc) is 3.28. The van der Waals surface area contributed by atoms with Crippen LogP contribution in [0.15, 0.2) is 78.9 Å². The van der Waals surface area contributed by atoms with Gasteiger partial charge < -0.3 is 19.3 Å². The van der Waals surface area contributed by atoms with Crippen LogP contribution in [0.5, 0.6) is 11.5 Å². The highest BCUT2D eigenvalue weighted by Crippen LogP contribution is 2.53. The zero-order chi connectivity index (χ0) is 22.7. The zero-order valence-corrected chi connectivity index (χ0v) is 18.1. The summed E-state index contributed by atoms with van der Waals surface area (Å²) in [5.41, 5.74) is 0.589. The summed E-state index contributed by atoms with van der Waals surface area (Å²) in [4.78, 5) is 33.5. The zero-order valence-electron chi connectivity index (χ0n) is 17.2. The molecule has 0 saturated heterocycles. The molecular weight excluding hydrogens is 439 g/mol. The molecule has 1 aliphatic rings. The highest BCUT2D eigenvalue weighted by atomic mass is 31.2. The minimum Gasteiger partial charge on any atom is -0.454 e. The number of ketones is 1. The monoisotopic (exact) mass is 456 g/mol. The van der Waals surface area contributed by atoms with Crippen molar-refractivity contribution in [3.05, 3.63) is 90.0 Å². The van der Waals surface area contributed by atoms with Crippen LogP contribution in [-0.2, 0) is 4.57 Å². The summed E-state index contributed by atoms with van der Waals surface area (Å²) in [5.74, 6) is 0.421. The summed E-state index contributed by atoms with van der Waals surface area (Å²) >= 11 is 0. The van der Waals surface area contributed by atoms with Crippen LogP contribution in [0.4, 0.5) is 0 Å². The summed E-state index contributed by atoms with van der Waals surface area (Å²) in [6, 6.07) is 22.0. The van der Waals surface area contributed by atoms with E-state index in [1.54, 1.807) is 18.2 Å². The number of hydrogen-bond donors (Lipinski definition) is 2. The standard InChI is InChI=1S/C26H17O6P/c27-21(18-8-11-22-23(12-18)32-14-31-22)13-24(33(28,29)30)19-9-6-17-5-4-15-2-1-3-16-7-10-20(19)26(17)25(15)16/h1-13H,14H2,(H2,28,29,30). The molecule has 1 heterocycles. The Morgan fingerprint density at radius 3 is 2.24 bits per heavy atom. The van der Waals surface area contributed by atoms with Crippen molar-refractivity contribution in [1.29, 1.82) is 0 Å². The molecule has 2 N–H and O–H groups in total. The molecule has 0 aromatic heterocycles. The number of fused-ring (bicyclic) bond motifs is 1. The third-order valence-corrected chi connectivity index (χ3v) is 7.04. The second-order valence-corrected chi connectivity index (χ2v) is 9.54. The van der Waals surface area contributed by atoms with Crippen molar-refractivity contribution in [2.24, 2.45) is 0 Å². The van der Waals surface area contributed by atoms with E-state index in [-0.39, 0.29) is 17.7 Å². The van der Waals surface area contributed by atoms with Crippen LogP contribution in [0.3, 0.4) is 0 Å². The molecule has 0 bridgehead atoms. The first-order valence-corrected chi connectivity index (χ1v) is 11.9. The van der Waals surface area contributed by atoms with Crippen molar-refractivity contribution in [3.63, 3.8) is 0 Å². The molecule has 0 radical (unpaired) electrons. The second-order valence-electron chi connectivity index (χ2n) is 7.98. The maximum atomic E-state index is 13.0. The van der Waals surface area contributed by atoms with Gasteiger partial charge in [-0.25, -0.2) is 0 Å². The van der Waals surface area contributed by atoms with Gasteiger partial charge in [0.2, 0.25) is 6.79 Å². The molecule has 1 aliphatic heterocycles. The summed E-state index contributed by atoms with van der Waals surface area (Å²) in [6.07, 6.45) is 1.03. The van der Waals surface area contributed by atoms with Crippen LogP contribution in [0.2, 0.25) is 0 Å². The molecule has 6 rings (SSSR count). The number of carbonyl (C=O) groups is 1. The third kappa shape index (κ3) is 3.19. The summed E-state index contributed by atoms with van der Waals surface area (Å²) < 4.78 is 23.2. The number of benzene rings is 5. The highest BCUT2D eigenvalue weighted by molar-refractivity contribution is 7.63. The molecule has 162 valence electrons. The van der Waals surface area contributed by atoms with Gasteiger partial charge in [-0.2, -0.15) is 0 Å². The fraction of sp³-hybridized carbons (Fsp3) is 0.0385. The predicted molar refractivity (Wildman–Crippen MR) is 127 cm³/mol. The first kappa shape index (κ1) is 19.9. The topological polar surface area (TPSA) is 93.1 Å². The molecule has 5 aromatic rings. The molecule has 0 atom stereocenters. The van der Waals surface area contributed by atoms with Crippen molar-refractivity contribution in [2.45, 2.75) is 0 Å². The Bertz CT molecular complexity index is 1650. The Balaban J connectivity index is 1.57. The lowest BCUT2D eigenvalue weighted by Crippen LogP contribution is -1.99. The van der Waals surface area contributed by atoms with E-state index >= 15 is 0 Å². The van der Waals surface area contributed by atoms with Crippen molar-refractivity contribution in [1.82, 2.24) is 0 Å². The van der Waals surface area contributed by atoms with E-state index in [0.29, 0.717) is 22.4 Å². The molecule has 0 fully saturated rings. The molecule has 0 amide bonds. The molecule has 0 spiro atoms. The van der Waals surface area contributed by atoms with Crippen LogP contribution >= 0.6 is 7.60 Å². The Morgan fingerprint density at radius 1 is 0.818 bits per heavy atom. The van der Waals surface area contributed by atoms with Gasteiger partial charge in [0.25, 0.3) is 0 Å². The molecular formula is C26H17O6P. The van der Waals surface area contributed by atoms with Gasteiger partial charge in [0, 0.05) is 11.6 Å². The Hall–Kier alpha value is -3.70. The molecule has 5 aromatic carbocycles. The quantitative estimate of drug-likeness (QED) is 0.156. The van der Waals surface area contributed by atoms with Gasteiger partial charge in [-0.1, -0.05) is 54.6 Å². The summed E-state index contributed by atoms with van der Waals surface area (Å²) in [6.45, 7) is 0.0687. The normalized spacial score (nSPS) is 13.9. The summed E-state index contributed by atoms with van der Waals surface area (Å²) in [7, 11) is -4.80. The van der Waals surface area contributed by atoms with Crippen LogP contribution in [-0.4, -0.2) is 22.4 Å². The van der Waals surface area contributed by atoms with E-state index in [4.69, 9.17) is 9.47 Å². The lowest BCUT2D eigenvalue weighted by Gasteiger charge is -2.16.